The number of carbonyl (C=O) groups excluding carboxylic acids is 1. The summed E-state index contributed by atoms with van der Waals surface area (Å²) in [6.07, 6.45) is 3.66. The van der Waals surface area contributed by atoms with Crippen molar-refractivity contribution in [3.8, 4) is 0 Å². The molecule has 1 aliphatic carbocycles. The fourth-order valence-corrected chi connectivity index (χ4v) is 3.92. The molecule has 3 heterocycles. The third-order valence-electron chi connectivity index (χ3n) is 4.83. The quantitative estimate of drug-likeness (QED) is 0.865. The third-order valence-corrected chi connectivity index (χ3v) is 4.83. The molecule has 2 unspecified atom stereocenters. The van der Waals surface area contributed by atoms with Crippen molar-refractivity contribution < 1.29 is 23.0 Å². The summed E-state index contributed by atoms with van der Waals surface area (Å²) in [5, 5.41) is 2.55. The number of halogens is 2. The minimum Gasteiger partial charge on any atom is -0.348 e. The van der Waals surface area contributed by atoms with E-state index in [1.807, 2.05) is 0 Å². The molecule has 2 atom stereocenters. The first-order chi connectivity index (χ1) is 10.6. The van der Waals surface area contributed by atoms with Crippen LogP contribution in [0.25, 0.3) is 0 Å². The Bertz CT molecular complexity index is 631. The standard InChI is InChI=1S/C15H16F2N2O3/c16-9-7-18-13-11(12(9)17)10(14(20)19-13)8-2-1-3-15(6-8)21-4-5-22-15/h7-8,10H,1-6H2,(H,18,19,20). The van der Waals surface area contributed by atoms with Gasteiger partial charge in [0.05, 0.1) is 25.3 Å². The molecule has 3 aliphatic rings. The first kappa shape index (κ1) is 14.0. The number of hydrogen-bond donors (Lipinski definition) is 1. The van der Waals surface area contributed by atoms with E-state index in [9.17, 15) is 13.6 Å². The van der Waals surface area contributed by atoms with E-state index in [1.54, 1.807) is 0 Å². The predicted octanol–water partition coefficient (Wildman–Crippen LogP) is 2.33. The molecule has 1 aromatic heterocycles. The van der Waals surface area contributed by atoms with Crippen molar-refractivity contribution in [2.24, 2.45) is 5.92 Å². The Hall–Kier alpha value is -1.60. The molecule has 1 N–H and O–H groups in total. The lowest BCUT2D eigenvalue weighted by atomic mass is 9.75. The van der Waals surface area contributed by atoms with Crippen molar-refractivity contribution in [1.29, 1.82) is 0 Å². The molecule has 2 fully saturated rings. The van der Waals surface area contributed by atoms with Crippen molar-refractivity contribution in [2.45, 2.75) is 37.4 Å². The van der Waals surface area contributed by atoms with Crippen LogP contribution in [0.4, 0.5) is 14.6 Å². The zero-order valence-electron chi connectivity index (χ0n) is 11.9. The highest BCUT2D eigenvalue weighted by Gasteiger charge is 2.48. The molecule has 22 heavy (non-hydrogen) atoms. The van der Waals surface area contributed by atoms with E-state index in [1.165, 1.54) is 0 Å². The van der Waals surface area contributed by atoms with Gasteiger partial charge in [0.25, 0.3) is 0 Å². The number of nitrogens with zero attached hydrogens (tertiary/aromatic N) is 1. The number of amides is 1. The fourth-order valence-electron chi connectivity index (χ4n) is 3.92. The topological polar surface area (TPSA) is 60.5 Å². The maximum absolute atomic E-state index is 14.2. The van der Waals surface area contributed by atoms with Gasteiger partial charge in [-0.15, -0.1) is 0 Å². The Morgan fingerprint density at radius 2 is 2.09 bits per heavy atom. The van der Waals surface area contributed by atoms with Gasteiger partial charge in [0.15, 0.2) is 17.4 Å². The van der Waals surface area contributed by atoms with Crippen molar-refractivity contribution in [2.75, 3.05) is 18.5 Å². The molecule has 7 heteroatoms. The first-order valence-corrected chi connectivity index (χ1v) is 7.52. The Morgan fingerprint density at radius 1 is 1.32 bits per heavy atom. The van der Waals surface area contributed by atoms with Gasteiger partial charge in [-0.2, -0.15) is 0 Å². The molecule has 118 valence electrons. The Labute approximate surface area is 126 Å². The molecule has 1 aromatic rings. The molecule has 1 saturated carbocycles. The van der Waals surface area contributed by atoms with Crippen molar-refractivity contribution in [1.82, 2.24) is 4.98 Å². The Balaban J connectivity index is 1.68. The van der Waals surface area contributed by atoms with Gasteiger partial charge in [-0.1, -0.05) is 0 Å². The average Bonchev–Trinajstić information content (AvgIpc) is 3.08. The SMILES string of the molecule is O=C1Nc2ncc(F)c(F)c2C1C1CCCC2(C1)OCCO2. The highest BCUT2D eigenvalue weighted by Crippen LogP contribution is 2.48. The summed E-state index contributed by atoms with van der Waals surface area (Å²) in [5.41, 5.74) is 0.0463. The van der Waals surface area contributed by atoms with Crippen molar-refractivity contribution in [3.63, 3.8) is 0 Å². The summed E-state index contributed by atoms with van der Waals surface area (Å²) in [6.45, 7) is 1.06. The van der Waals surface area contributed by atoms with Crippen molar-refractivity contribution >= 4 is 11.7 Å². The summed E-state index contributed by atoms with van der Waals surface area (Å²) >= 11 is 0. The van der Waals surface area contributed by atoms with E-state index in [-0.39, 0.29) is 23.2 Å². The number of pyridine rings is 1. The number of ether oxygens (including phenoxy) is 2. The van der Waals surface area contributed by atoms with Crippen LogP contribution in [0.2, 0.25) is 0 Å². The van der Waals surface area contributed by atoms with E-state index >= 15 is 0 Å². The lowest BCUT2D eigenvalue weighted by Gasteiger charge is -2.38. The van der Waals surface area contributed by atoms with E-state index in [0.717, 1.165) is 25.5 Å². The number of aromatic nitrogens is 1. The minimum atomic E-state index is -1.03. The first-order valence-electron chi connectivity index (χ1n) is 7.52. The van der Waals surface area contributed by atoms with Crippen LogP contribution in [-0.4, -0.2) is 29.9 Å². The van der Waals surface area contributed by atoms with Gasteiger partial charge < -0.3 is 14.8 Å². The number of hydrogen-bond acceptors (Lipinski definition) is 4. The van der Waals surface area contributed by atoms with E-state index in [2.05, 4.69) is 10.3 Å². The molecule has 5 nitrogen and oxygen atoms in total. The number of anilines is 1. The van der Waals surface area contributed by atoms with Crippen LogP contribution in [0.3, 0.4) is 0 Å². The lowest BCUT2D eigenvalue weighted by molar-refractivity contribution is -0.188. The summed E-state index contributed by atoms with van der Waals surface area (Å²) < 4.78 is 39.1. The maximum atomic E-state index is 14.2. The van der Waals surface area contributed by atoms with Gasteiger partial charge in [0.2, 0.25) is 5.91 Å². The lowest BCUT2D eigenvalue weighted by Crippen LogP contribution is -2.39. The second-order valence-electron chi connectivity index (χ2n) is 6.11. The van der Waals surface area contributed by atoms with Crippen LogP contribution in [0.15, 0.2) is 6.20 Å². The number of nitrogens with one attached hydrogen (secondary N) is 1. The van der Waals surface area contributed by atoms with Gasteiger partial charge in [0.1, 0.15) is 5.82 Å². The number of fused-ring (bicyclic) bond motifs is 1. The predicted molar refractivity (Wildman–Crippen MR) is 72.1 cm³/mol. The second kappa shape index (κ2) is 4.96. The Morgan fingerprint density at radius 3 is 2.86 bits per heavy atom. The molecule has 1 amide bonds. The van der Waals surface area contributed by atoms with Crippen LogP contribution in [0, 0.1) is 17.6 Å². The van der Waals surface area contributed by atoms with E-state index < -0.39 is 23.3 Å². The molecule has 1 saturated heterocycles. The second-order valence-corrected chi connectivity index (χ2v) is 6.11. The van der Waals surface area contributed by atoms with Crippen molar-refractivity contribution in [3.05, 3.63) is 23.4 Å². The smallest absolute Gasteiger partial charge is 0.233 e. The summed E-state index contributed by atoms with van der Waals surface area (Å²) in [5.74, 6) is -3.76. The monoisotopic (exact) mass is 310 g/mol. The molecule has 0 bridgehead atoms. The minimum absolute atomic E-state index is 0.0463. The zero-order valence-corrected chi connectivity index (χ0v) is 11.9. The number of rotatable bonds is 1. The van der Waals surface area contributed by atoms with Gasteiger partial charge in [-0.25, -0.2) is 13.8 Å². The van der Waals surface area contributed by atoms with Gasteiger partial charge in [-0.3, -0.25) is 4.79 Å². The molecule has 1 spiro atoms. The molecular weight excluding hydrogens is 294 g/mol. The van der Waals surface area contributed by atoms with Crippen LogP contribution < -0.4 is 5.32 Å². The molecule has 4 rings (SSSR count). The van der Waals surface area contributed by atoms with Gasteiger partial charge in [-0.05, 0) is 18.8 Å². The fraction of sp³-hybridized carbons (Fsp3) is 0.600. The van der Waals surface area contributed by atoms with E-state index in [0.29, 0.717) is 19.6 Å². The molecule has 0 radical (unpaired) electrons. The van der Waals surface area contributed by atoms with E-state index in [4.69, 9.17) is 9.47 Å². The Kier molecular flexibility index (Phi) is 3.16. The average molecular weight is 310 g/mol. The maximum Gasteiger partial charge on any atom is 0.233 e. The van der Waals surface area contributed by atoms with Crippen LogP contribution in [0.5, 0.6) is 0 Å². The van der Waals surface area contributed by atoms with Gasteiger partial charge >= 0.3 is 0 Å². The molecular formula is C15H16F2N2O3. The van der Waals surface area contributed by atoms with Gasteiger partial charge in [0, 0.05) is 18.4 Å². The summed E-state index contributed by atoms with van der Waals surface area (Å²) in [7, 11) is 0. The zero-order chi connectivity index (χ0) is 15.3. The van der Waals surface area contributed by atoms with Crippen LogP contribution in [-0.2, 0) is 14.3 Å². The summed E-state index contributed by atoms with van der Waals surface area (Å²) in [6, 6.07) is 0. The highest BCUT2D eigenvalue weighted by molar-refractivity contribution is 6.02. The largest absolute Gasteiger partial charge is 0.348 e. The number of carbonyl (C=O) groups is 1. The normalized spacial score (nSPS) is 29.6. The third kappa shape index (κ3) is 2.03. The summed E-state index contributed by atoms with van der Waals surface area (Å²) in [4.78, 5) is 16.1. The molecule has 0 aromatic carbocycles. The molecule has 2 aliphatic heterocycles. The van der Waals surface area contributed by atoms with Crippen LogP contribution in [0.1, 0.15) is 37.2 Å². The van der Waals surface area contributed by atoms with Crippen LogP contribution >= 0.6 is 0 Å². The highest BCUT2D eigenvalue weighted by atomic mass is 19.2.